The van der Waals surface area contributed by atoms with Crippen LogP contribution in [0.4, 0.5) is 8.78 Å². The second kappa shape index (κ2) is 10.3. The number of nitrogens with zero attached hydrogens (tertiary/aromatic N) is 2. The van der Waals surface area contributed by atoms with Gasteiger partial charge in [0.2, 0.25) is 11.8 Å². The van der Waals surface area contributed by atoms with Crippen LogP contribution in [-0.2, 0) is 9.59 Å². The summed E-state index contributed by atoms with van der Waals surface area (Å²) in [6.45, 7) is 4.93. The third kappa shape index (κ3) is 5.69. The molecule has 0 spiro atoms. The van der Waals surface area contributed by atoms with E-state index in [4.69, 9.17) is 0 Å². The van der Waals surface area contributed by atoms with Crippen LogP contribution in [0.15, 0.2) is 48.5 Å². The van der Waals surface area contributed by atoms with Crippen molar-refractivity contribution in [3.8, 4) is 0 Å². The van der Waals surface area contributed by atoms with Crippen molar-refractivity contribution < 1.29 is 23.2 Å². The lowest BCUT2D eigenvalue weighted by Gasteiger charge is -2.36. The van der Waals surface area contributed by atoms with Crippen LogP contribution in [-0.4, -0.2) is 53.7 Å². The zero-order valence-corrected chi connectivity index (χ0v) is 18.2. The summed E-state index contributed by atoms with van der Waals surface area (Å²) in [4.78, 5) is 41.4. The Morgan fingerprint density at radius 2 is 1.53 bits per heavy atom. The molecule has 1 N–H and O–H groups in total. The maximum atomic E-state index is 13.5. The molecule has 1 atom stereocenters. The number of nitrogens with one attached hydrogen (secondary N) is 1. The van der Waals surface area contributed by atoms with Gasteiger partial charge in [-0.25, -0.2) is 8.78 Å². The van der Waals surface area contributed by atoms with Crippen molar-refractivity contribution in [2.45, 2.75) is 26.3 Å². The number of benzene rings is 2. The Labute approximate surface area is 186 Å². The molecule has 1 heterocycles. The van der Waals surface area contributed by atoms with Crippen LogP contribution in [0.5, 0.6) is 0 Å². The first-order valence-corrected chi connectivity index (χ1v) is 10.6. The fourth-order valence-electron chi connectivity index (χ4n) is 3.65. The molecule has 3 amide bonds. The molecule has 1 aliphatic rings. The molecule has 32 heavy (non-hydrogen) atoms. The lowest BCUT2D eigenvalue weighted by molar-refractivity contribution is -0.138. The molecule has 1 unspecified atom stereocenters. The molecule has 2 aromatic rings. The van der Waals surface area contributed by atoms with E-state index in [9.17, 15) is 23.2 Å². The maximum absolute atomic E-state index is 13.5. The molecule has 0 aromatic heterocycles. The quantitative estimate of drug-likeness (QED) is 0.746. The summed E-state index contributed by atoms with van der Waals surface area (Å²) in [7, 11) is 0. The Morgan fingerprint density at radius 3 is 2.12 bits per heavy atom. The number of hydrogen-bond acceptors (Lipinski definition) is 3. The maximum Gasteiger partial charge on any atom is 0.254 e. The van der Waals surface area contributed by atoms with E-state index in [0.29, 0.717) is 12.0 Å². The van der Waals surface area contributed by atoms with Gasteiger partial charge in [-0.2, -0.15) is 0 Å². The van der Waals surface area contributed by atoms with Gasteiger partial charge in [-0.3, -0.25) is 14.4 Å². The van der Waals surface area contributed by atoms with Crippen molar-refractivity contribution in [2.75, 3.05) is 26.2 Å². The number of piperazine rings is 1. The Balaban J connectivity index is 1.67. The Bertz CT molecular complexity index is 974. The molecule has 1 aliphatic heterocycles. The number of hydrogen-bond donors (Lipinski definition) is 1. The molecule has 3 rings (SSSR count). The first-order chi connectivity index (χ1) is 15.3. The zero-order chi connectivity index (χ0) is 23.3. The van der Waals surface area contributed by atoms with E-state index >= 15 is 0 Å². The van der Waals surface area contributed by atoms with E-state index in [-0.39, 0.29) is 49.5 Å². The highest BCUT2D eigenvalue weighted by atomic mass is 19.2. The van der Waals surface area contributed by atoms with Gasteiger partial charge in [-0.15, -0.1) is 0 Å². The van der Waals surface area contributed by atoms with E-state index in [1.54, 1.807) is 17.0 Å². The van der Waals surface area contributed by atoms with Crippen molar-refractivity contribution in [1.82, 2.24) is 15.1 Å². The van der Waals surface area contributed by atoms with Crippen molar-refractivity contribution in [2.24, 2.45) is 5.92 Å². The number of carbonyl (C=O) groups excluding carboxylic acids is 3. The highest BCUT2D eigenvalue weighted by Gasteiger charge is 2.31. The molecule has 1 saturated heterocycles. The predicted octanol–water partition coefficient (Wildman–Crippen LogP) is 3.15. The normalized spacial score (nSPS) is 14.9. The minimum absolute atomic E-state index is 0.0618. The summed E-state index contributed by atoms with van der Waals surface area (Å²) in [6, 6.07) is 11.3. The third-order valence-electron chi connectivity index (χ3n) is 5.32. The van der Waals surface area contributed by atoms with Crippen LogP contribution in [0.2, 0.25) is 0 Å². The summed E-state index contributed by atoms with van der Waals surface area (Å²) in [5.74, 6) is -2.79. The average molecular weight is 443 g/mol. The van der Waals surface area contributed by atoms with Crippen molar-refractivity contribution in [3.05, 3.63) is 71.3 Å². The minimum Gasteiger partial charge on any atom is -0.341 e. The van der Waals surface area contributed by atoms with E-state index in [1.165, 1.54) is 11.0 Å². The Hall–Kier alpha value is -3.29. The fourth-order valence-corrected chi connectivity index (χ4v) is 3.65. The standard InChI is InChI=1S/C24H27F2N3O3/c1-16(2)14-21(30)27-22(17-6-4-3-5-7-17)24(32)29-12-10-28(11-13-29)23(31)18-8-9-19(25)20(26)15-18/h3-9,15-16,22H,10-14H2,1-2H3,(H,27,30). The SMILES string of the molecule is CC(C)CC(=O)NC(C(=O)N1CCN(C(=O)c2ccc(F)c(F)c2)CC1)c1ccccc1. The predicted molar refractivity (Wildman–Crippen MR) is 116 cm³/mol. The van der Waals surface area contributed by atoms with Gasteiger partial charge in [-0.1, -0.05) is 44.2 Å². The molecule has 0 radical (unpaired) electrons. The monoisotopic (exact) mass is 443 g/mol. The van der Waals surface area contributed by atoms with Gasteiger partial charge in [-0.05, 0) is 29.7 Å². The molecule has 2 aromatic carbocycles. The molecule has 0 aliphatic carbocycles. The van der Waals surface area contributed by atoms with Crippen LogP contribution >= 0.6 is 0 Å². The topological polar surface area (TPSA) is 69.7 Å². The molecule has 6 nitrogen and oxygen atoms in total. The highest BCUT2D eigenvalue weighted by molar-refractivity contribution is 5.94. The van der Waals surface area contributed by atoms with Gasteiger partial charge in [0, 0.05) is 38.2 Å². The summed E-state index contributed by atoms with van der Waals surface area (Å²) < 4.78 is 26.6. The van der Waals surface area contributed by atoms with Gasteiger partial charge in [0.1, 0.15) is 6.04 Å². The average Bonchev–Trinajstić information content (AvgIpc) is 2.78. The molecular formula is C24H27F2N3O3. The number of carbonyl (C=O) groups is 3. The number of halogens is 2. The fraction of sp³-hybridized carbons (Fsp3) is 0.375. The molecule has 0 bridgehead atoms. The van der Waals surface area contributed by atoms with Crippen molar-refractivity contribution >= 4 is 17.7 Å². The second-order valence-corrected chi connectivity index (χ2v) is 8.26. The van der Waals surface area contributed by atoms with E-state index < -0.39 is 23.6 Å². The third-order valence-corrected chi connectivity index (χ3v) is 5.32. The highest BCUT2D eigenvalue weighted by Crippen LogP contribution is 2.19. The van der Waals surface area contributed by atoms with Gasteiger partial charge in [0.25, 0.3) is 5.91 Å². The van der Waals surface area contributed by atoms with Gasteiger partial charge in [0.15, 0.2) is 11.6 Å². The lowest BCUT2D eigenvalue weighted by Crippen LogP contribution is -2.53. The first kappa shape index (κ1) is 23.4. The summed E-state index contributed by atoms with van der Waals surface area (Å²) in [5.41, 5.74) is 0.752. The molecular weight excluding hydrogens is 416 g/mol. The zero-order valence-electron chi connectivity index (χ0n) is 18.2. The Kier molecular flexibility index (Phi) is 7.56. The summed E-state index contributed by atoms with van der Waals surface area (Å²) in [6.07, 6.45) is 0.313. The number of amides is 3. The lowest BCUT2D eigenvalue weighted by atomic mass is 10.0. The van der Waals surface area contributed by atoms with Crippen LogP contribution in [0.25, 0.3) is 0 Å². The minimum atomic E-state index is -1.08. The Morgan fingerprint density at radius 1 is 0.906 bits per heavy atom. The summed E-state index contributed by atoms with van der Waals surface area (Å²) >= 11 is 0. The number of rotatable bonds is 6. The van der Waals surface area contributed by atoms with Gasteiger partial charge in [0.05, 0.1) is 0 Å². The van der Waals surface area contributed by atoms with Gasteiger partial charge < -0.3 is 15.1 Å². The van der Waals surface area contributed by atoms with E-state index in [0.717, 1.165) is 12.1 Å². The van der Waals surface area contributed by atoms with Crippen molar-refractivity contribution in [1.29, 1.82) is 0 Å². The smallest absolute Gasteiger partial charge is 0.254 e. The first-order valence-electron chi connectivity index (χ1n) is 10.6. The molecule has 170 valence electrons. The molecule has 8 heteroatoms. The second-order valence-electron chi connectivity index (χ2n) is 8.26. The van der Waals surface area contributed by atoms with E-state index in [2.05, 4.69) is 5.32 Å². The molecule has 0 saturated carbocycles. The van der Waals surface area contributed by atoms with Crippen LogP contribution < -0.4 is 5.32 Å². The van der Waals surface area contributed by atoms with Gasteiger partial charge >= 0.3 is 0 Å². The largest absolute Gasteiger partial charge is 0.341 e. The summed E-state index contributed by atoms with van der Waals surface area (Å²) in [5, 5.41) is 2.85. The van der Waals surface area contributed by atoms with Crippen LogP contribution in [0.1, 0.15) is 42.2 Å². The molecule has 1 fully saturated rings. The van der Waals surface area contributed by atoms with E-state index in [1.807, 2.05) is 32.0 Å². The van der Waals surface area contributed by atoms with Crippen LogP contribution in [0, 0.1) is 17.6 Å². The van der Waals surface area contributed by atoms with Crippen molar-refractivity contribution in [3.63, 3.8) is 0 Å². The van der Waals surface area contributed by atoms with Crippen LogP contribution in [0.3, 0.4) is 0 Å².